The number of benzene rings is 1. The number of nitrogens with zero attached hydrogens (tertiary/aromatic N) is 3. The number of hydrogen-bond donors (Lipinski definition) is 0. The van der Waals surface area contributed by atoms with Gasteiger partial charge in [0.2, 0.25) is 10.0 Å². The van der Waals surface area contributed by atoms with Gasteiger partial charge >= 0.3 is 5.76 Å². The standard InChI is InChI=1S/C15H21N3O4S/c1-3-23(20,21)18-8-6-17(7-9-18)11-12-4-5-14-13(10-12)16(2)15(19)22-14/h4-5,10H,3,6-9,11H2,1-2H3. The van der Waals surface area contributed by atoms with E-state index in [9.17, 15) is 13.2 Å². The highest BCUT2D eigenvalue weighted by molar-refractivity contribution is 7.89. The molecule has 1 aliphatic rings. The van der Waals surface area contributed by atoms with Crippen LogP contribution in [0.4, 0.5) is 0 Å². The monoisotopic (exact) mass is 339 g/mol. The lowest BCUT2D eigenvalue weighted by atomic mass is 10.2. The van der Waals surface area contributed by atoms with Gasteiger partial charge in [-0.2, -0.15) is 4.31 Å². The second-order valence-corrected chi connectivity index (χ2v) is 8.06. The van der Waals surface area contributed by atoms with E-state index in [0.717, 1.165) is 17.6 Å². The summed E-state index contributed by atoms with van der Waals surface area (Å²) in [5.41, 5.74) is 2.44. The first-order chi connectivity index (χ1) is 10.9. The van der Waals surface area contributed by atoms with Crippen LogP contribution in [0.3, 0.4) is 0 Å². The van der Waals surface area contributed by atoms with E-state index in [-0.39, 0.29) is 11.5 Å². The Bertz CT molecular complexity index is 860. The van der Waals surface area contributed by atoms with Gasteiger partial charge in [0.1, 0.15) is 0 Å². The summed E-state index contributed by atoms with van der Waals surface area (Å²) in [6, 6.07) is 5.71. The predicted octanol–water partition coefficient (Wildman–Crippen LogP) is 0.599. The zero-order valence-corrected chi connectivity index (χ0v) is 14.2. The number of rotatable bonds is 4. The molecule has 3 rings (SSSR count). The van der Waals surface area contributed by atoms with Crippen molar-refractivity contribution >= 4 is 21.1 Å². The minimum atomic E-state index is -3.09. The maximum Gasteiger partial charge on any atom is 0.419 e. The summed E-state index contributed by atoms with van der Waals surface area (Å²) in [6.07, 6.45) is 0. The average Bonchev–Trinajstić information content (AvgIpc) is 2.83. The largest absolute Gasteiger partial charge is 0.419 e. The molecule has 0 saturated carbocycles. The number of fused-ring (bicyclic) bond motifs is 1. The third-order valence-corrected chi connectivity index (χ3v) is 6.23. The molecule has 1 aromatic carbocycles. The highest BCUT2D eigenvalue weighted by Gasteiger charge is 2.25. The molecule has 0 aliphatic carbocycles. The van der Waals surface area contributed by atoms with Crippen molar-refractivity contribution in [2.75, 3.05) is 31.9 Å². The first-order valence-electron chi connectivity index (χ1n) is 7.69. The minimum Gasteiger partial charge on any atom is -0.408 e. The van der Waals surface area contributed by atoms with Gasteiger partial charge < -0.3 is 4.42 Å². The minimum absolute atomic E-state index is 0.151. The number of piperazine rings is 1. The Morgan fingerprint density at radius 1 is 1.17 bits per heavy atom. The molecule has 7 nitrogen and oxygen atoms in total. The fraction of sp³-hybridized carbons (Fsp3) is 0.533. The van der Waals surface area contributed by atoms with Crippen LogP contribution in [0.15, 0.2) is 27.4 Å². The summed E-state index contributed by atoms with van der Waals surface area (Å²) >= 11 is 0. The second kappa shape index (κ2) is 6.10. The number of aryl methyl sites for hydroxylation is 1. The number of hydrogen-bond acceptors (Lipinski definition) is 5. The molecule has 1 aliphatic heterocycles. The first kappa shape index (κ1) is 16.2. The third kappa shape index (κ3) is 3.19. The molecule has 0 atom stereocenters. The normalized spacial score (nSPS) is 17.8. The highest BCUT2D eigenvalue weighted by atomic mass is 32.2. The fourth-order valence-electron chi connectivity index (χ4n) is 2.88. The molecular weight excluding hydrogens is 318 g/mol. The van der Waals surface area contributed by atoms with E-state index < -0.39 is 10.0 Å². The van der Waals surface area contributed by atoms with E-state index in [0.29, 0.717) is 31.8 Å². The zero-order valence-electron chi connectivity index (χ0n) is 13.4. The van der Waals surface area contributed by atoms with E-state index in [4.69, 9.17) is 4.42 Å². The lowest BCUT2D eigenvalue weighted by Gasteiger charge is -2.33. The molecule has 1 saturated heterocycles. The lowest BCUT2D eigenvalue weighted by molar-refractivity contribution is 0.182. The van der Waals surface area contributed by atoms with Crippen LogP contribution in [0, 0.1) is 0 Å². The van der Waals surface area contributed by atoms with Crippen molar-refractivity contribution in [1.29, 1.82) is 0 Å². The molecule has 0 N–H and O–H groups in total. The maximum atomic E-state index is 11.9. The quantitative estimate of drug-likeness (QED) is 0.815. The summed E-state index contributed by atoms with van der Waals surface area (Å²) in [4.78, 5) is 13.7. The molecule has 0 radical (unpaired) electrons. The van der Waals surface area contributed by atoms with E-state index in [1.54, 1.807) is 18.3 Å². The van der Waals surface area contributed by atoms with Gasteiger partial charge in [-0.25, -0.2) is 13.2 Å². The SMILES string of the molecule is CCS(=O)(=O)N1CCN(Cc2ccc3oc(=O)n(C)c3c2)CC1. The average molecular weight is 339 g/mol. The van der Waals surface area contributed by atoms with Crippen LogP contribution in [0.1, 0.15) is 12.5 Å². The summed E-state index contributed by atoms with van der Waals surface area (Å²) in [5, 5.41) is 0. The molecule has 0 spiro atoms. The van der Waals surface area contributed by atoms with E-state index in [2.05, 4.69) is 4.90 Å². The van der Waals surface area contributed by atoms with Crippen molar-refractivity contribution in [2.24, 2.45) is 7.05 Å². The number of sulfonamides is 1. The molecule has 1 fully saturated rings. The summed E-state index contributed by atoms with van der Waals surface area (Å²) < 4.78 is 31.9. The molecule has 0 bridgehead atoms. The van der Waals surface area contributed by atoms with Gasteiger partial charge in [-0.05, 0) is 24.6 Å². The van der Waals surface area contributed by atoms with E-state index >= 15 is 0 Å². The Hall–Kier alpha value is -1.64. The van der Waals surface area contributed by atoms with Gasteiger partial charge in [0.15, 0.2) is 5.58 Å². The molecule has 1 aromatic heterocycles. The lowest BCUT2D eigenvalue weighted by Crippen LogP contribution is -2.48. The van der Waals surface area contributed by atoms with Gasteiger partial charge in [-0.1, -0.05) is 6.07 Å². The van der Waals surface area contributed by atoms with Crippen molar-refractivity contribution < 1.29 is 12.8 Å². The first-order valence-corrected chi connectivity index (χ1v) is 9.30. The zero-order chi connectivity index (χ0) is 16.6. The highest BCUT2D eigenvalue weighted by Crippen LogP contribution is 2.17. The summed E-state index contributed by atoms with van der Waals surface area (Å²) in [5.74, 6) is -0.214. The Kier molecular flexibility index (Phi) is 4.31. The van der Waals surface area contributed by atoms with Crippen LogP contribution in [-0.2, 0) is 23.6 Å². The molecule has 0 unspecified atom stereocenters. The molecule has 0 amide bonds. The molecule has 2 heterocycles. The number of aromatic nitrogens is 1. The van der Waals surface area contributed by atoms with E-state index in [1.807, 2.05) is 18.2 Å². The van der Waals surface area contributed by atoms with Crippen LogP contribution >= 0.6 is 0 Å². The van der Waals surface area contributed by atoms with Gasteiger partial charge in [0.25, 0.3) is 0 Å². The second-order valence-electron chi connectivity index (χ2n) is 5.80. The van der Waals surface area contributed by atoms with Crippen LogP contribution in [0.5, 0.6) is 0 Å². The van der Waals surface area contributed by atoms with Crippen LogP contribution in [0.2, 0.25) is 0 Å². The Balaban J connectivity index is 1.69. The molecule has 23 heavy (non-hydrogen) atoms. The summed E-state index contributed by atoms with van der Waals surface area (Å²) in [6.45, 7) is 4.88. The smallest absolute Gasteiger partial charge is 0.408 e. The molecular formula is C15H21N3O4S. The van der Waals surface area contributed by atoms with Gasteiger partial charge in [0, 0.05) is 39.8 Å². The third-order valence-electron chi connectivity index (χ3n) is 4.35. The molecule has 2 aromatic rings. The molecule has 8 heteroatoms. The van der Waals surface area contributed by atoms with Crippen molar-refractivity contribution in [1.82, 2.24) is 13.8 Å². The predicted molar refractivity (Wildman–Crippen MR) is 87.8 cm³/mol. The van der Waals surface area contributed by atoms with Crippen molar-refractivity contribution in [3.63, 3.8) is 0 Å². The van der Waals surface area contributed by atoms with E-state index in [1.165, 1.54) is 4.57 Å². The summed E-state index contributed by atoms with van der Waals surface area (Å²) in [7, 11) is -1.41. The van der Waals surface area contributed by atoms with Crippen molar-refractivity contribution in [2.45, 2.75) is 13.5 Å². The molecule has 126 valence electrons. The topological polar surface area (TPSA) is 75.8 Å². The van der Waals surface area contributed by atoms with Crippen LogP contribution < -0.4 is 5.76 Å². The van der Waals surface area contributed by atoms with Crippen molar-refractivity contribution in [3.8, 4) is 0 Å². The number of oxazole rings is 1. The van der Waals surface area contributed by atoms with Gasteiger partial charge in [0.05, 0.1) is 11.3 Å². The van der Waals surface area contributed by atoms with Crippen LogP contribution in [-0.4, -0.2) is 54.1 Å². The van der Waals surface area contributed by atoms with Crippen LogP contribution in [0.25, 0.3) is 11.1 Å². The van der Waals surface area contributed by atoms with Crippen molar-refractivity contribution in [3.05, 3.63) is 34.3 Å². The Morgan fingerprint density at radius 2 is 1.87 bits per heavy atom. The fourth-order valence-corrected chi connectivity index (χ4v) is 3.96. The Morgan fingerprint density at radius 3 is 2.52 bits per heavy atom. The van der Waals surface area contributed by atoms with Gasteiger partial charge in [-0.3, -0.25) is 9.47 Å². The van der Waals surface area contributed by atoms with Gasteiger partial charge in [-0.15, -0.1) is 0 Å². The maximum absolute atomic E-state index is 11.9. The Labute approximate surface area is 135 Å².